The second-order valence-corrected chi connectivity index (χ2v) is 11.4. The van der Waals surface area contributed by atoms with Gasteiger partial charge in [-0.2, -0.15) is 0 Å². The van der Waals surface area contributed by atoms with E-state index in [1.165, 1.54) is 13.0 Å². The minimum atomic E-state index is -1.00. The first kappa shape index (κ1) is 23.9. The number of fused-ring (bicyclic) bond motifs is 6. The van der Waals surface area contributed by atoms with Crippen LogP contribution < -0.4 is 4.74 Å². The first-order valence-electron chi connectivity index (χ1n) is 12.1. The van der Waals surface area contributed by atoms with Gasteiger partial charge in [0.2, 0.25) is 0 Å². The summed E-state index contributed by atoms with van der Waals surface area (Å²) in [7, 11) is 0. The molecule has 1 unspecified atom stereocenters. The van der Waals surface area contributed by atoms with Gasteiger partial charge in [-0.15, -0.1) is 0 Å². The predicted molar refractivity (Wildman–Crippen MR) is 124 cm³/mol. The van der Waals surface area contributed by atoms with E-state index >= 15 is 0 Å². The Bertz CT molecular complexity index is 1180. The largest absolute Gasteiger partial charge is 0.507 e. The molecular weight excluding hydrogens is 452 g/mol. The van der Waals surface area contributed by atoms with E-state index < -0.39 is 46.7 Å². The minimum Gasteiger partial charge on any atom is -0.507 e. The number of phenolic OH excluding ortho intramolecular Hbond substituents is 1. The van der Waals surface area contributed by atoms with Gasteiger partial charge in [-0.1, -0.05) is 26.8 Å². The Balaban J connectivity index is 1.72. The molecule has 188 valence electrons. The number of aromatic hydroxyl groups is 1. The molecule has 7 atom stereocenters. The van der Waals surface area contributed by atoms with Gasteiger partial charge in [0.05, 0.1) is 6.10 Å². The van der Waals surface area contributed by atoms with E-state index in [2.05, 4.69) is 6.92 Å². The van der Waals surface area contributed by atoms with Gasteiger partial charge in [0.15, 0.2) is 11.9 Å². The second kappa shape index (κ2) is 7.32. The summed E-state index contributed by atoms with van der Waals surface area (Å²) in [5, 5.41) is 22.1. The number of aliphatic hydroxyl groups excluding tert-OH is 1. The fraction of sp³-hybridized carbons (Fsp3) is 0.593. The van der Waals surface area contributed by atoms with Gasteiger partial charge in [0.1, 0.15) is 28.8 Å². The average Bonchev–Trinajstić information content (AvgIpc) is 2.75. The summed E-state index contributed by atoms with van der Waals surface area (Å²) >= 11 is 0. The number of hydrogen-bond donors (Lipinski definition) is 2. The molecule has 0 radical (unpaired) electrons. The molecule has 2 N–H and O–H groups in total. The highest BCUT2D eigenvalue weighted by molar-refractivity contribution is 5.97. The van der Waals surface area contributed by atoms with Crippen LogP contribution >= 0.6 is 0 Å². The maximum atomic E-state index is 12.8. The van der Waals surface area contributed by atoms with Gasteiger partial charge in [-0.3, -0.25) is 9.59 Å². The van der Waals surface area contributed by atoms with Crippen molar-refractivity contribution in [2.45, 2.75) is 78.3 Å². The number of rotatable bonds is 1. The summed E-state index contributed by atoms with van der Waals surface area (Å²) in [6, 6.07) is 1.38. The Kier molecular flexibility index (Phi) is 4.99. The first-order valence-corrected chi connectivity index (χ1v) is 12.1. The zero-order chi connectivity index (χ0) is 25.7. The van der Waals surface area contributed by atoms with Crippen LogP contribution in [-0.4, -0.2) is 45.7 Å². The summed E-state index contributed by atoms with van der Waals surface area (Å²) in [6.45, 7) is 10.7. The third kappa shape index (κ3) is 3.11. The van der Waals surface area contributed by atoms with E-state index in [0.717, 1.165) is 0 Å². The zero-order valence-corrected chi connectivity index (χ0v) is 20.9. The van der Waals surface area contributed by atoms with Crippen molar-refractivity contribution in [1.29, 1.82) is 0 Å². The third-order valence-electron chi connectivity index (χ3n) is 9.07. The SMILES string of the molecule is CC(=O)O[C@@H]1c2c3c(cc(O)c2C(=O)OC1C)O[C@@]1(C)[C@@H](O)C[C@H]2C(C)(C)C(=O)C=C[C@]2(C)[C@@H]1C3. The van der Waals surface area contributed by atoms with Crippen molar-refractivity contribution in [3.8, 4) is 11.5 Å². The van der Waals surface area contributed by atoms with Crippen LogP contribution in [0.25, 0.3) is 0 Å². The van der Waals surface area contributed by atoms with Gasteiger partial charge in [0, 0.05) is 35.4 Å². The van der Waals surface area contributed by atoms with Crippen LogP contribution in [0.2, 0.25) is 0 Å². The number of hydrogen-bond acceptors (Lipinski definition) is 8. The van der Waals surface area contributed by atoms with Crippen molar-refractivity contribution in [3.63, 3.8) is 0 Å². The van der Waals surface area contributed by atoms with Crippen molar-refractivity contribution in [1.82, 2.24) is 0 Å². The lowest BCUT2D eigenvalue weighted by molar-refractivity contribution is -0.190. The molecule has 1 aromatic carbocycles. The van der Waals surface area contributed by atoms with Crippen LogP contribution in [0.4, 0.5) is 0 Å². The fourth-order valence-corrected chi connectivity index (χ4v) is 7.15. The van der Waals surface area contributed by atoms with Gasteiger partial charge < -0.3 is 24.4 Å². The molecule has 1 saturated carbocycles. The van der Waals surface area contributed by atoms with Crippen LogP contribution in [0.5, 0.6) is 11.5 Å². The molecule has 1 fully saturated rings. The van der Waals surface area contributed by atoms with E-state index in [1.54, 1.807) is 13.0 Å². The molecule has 8 heteroatoms. The number of ether oxygens (including phenoxy) is 3. The lowest BCUT2D eigenvalue weighted by atomic mass is 9.45. The van der Waals surface area contributed by atoms with E-state index in [0.29, 0.717) is 29.7 Å². The van der Waals surface area contributed by atoms with Crippen molar-refractivity contribution in [2.24, 2.45) is 22.7 Å². The number of esters is 2. The van der Waals surface area contributed by atoms with Crippen molar-refractivity contribution in [3.05, 3.63) is 34.9 Å². The minimum absolute atomic E-state index is 0.0294. The van der Waals surface area contributed by atoms with E-state index in [1.807, 2.05) is 26.8 Å². The molecule has 35 heavy (non-hydrogen) atoms. The van der Waals surface area contributed by atoms with Gasteiger partial charge in [-0.25, -0.2) is 4.79 Å². The standard InChI is InChI=1S/C27H32O8/c1-12-23(34-13(2)28)21-14-9-18-26(5)8-7-19(30)25(3,4)17(26)11-20(31)27(18,6)35-16(14)10-15(29)22(21)24(32)33-12/h7-8,10,12,17-18,20,23,29,31H,9,11H2,1-6H3/t12?,17-,18-,20-,23-,26-,27+/m0/s1. The molecule has 0 aromatic heterocycles. The molecule has 8 nitrogen and oxygen atoms in total. The number of ketones is 1. The zero-order valence-electron chi connectivity index (χ0n) is 20.9. The van der Waals surface area contributed by atoms with Crippen LogP contribution in [0.15, 0.2) is 18.2 Å². The Labute approximate surface area is 204 Å². The van der Waals surface area contributed by atoms with Gasteiger partial charge >= 0.3 is 11.9 Å². The molecule has 1 aromatic rings. The maximum absolute atomic E-state index is 12.8. The fourth-order valence-electron chi connectivity index (χ4n) is 7.15. The Morgan fingerprint density at radius 1 is 1.17 bits per heavy atom. The molecule has 5 rings (SSSR count). The summed E-state index contributed by atoms with van der Waals surface area (Å²) in [5.74, 6) is -1.58. The lowest BCUT2D eigenvalue weighted by Crippen LogP contribution is -2.67. The molecule has 0 bridgehead atoms. The highest BCUT2D eigenvalue weighted by Crippen LogP contribution is 2.63. The van der Waals surface area contributed by atoms with Crippen LogP contribution in [-0.2, 0) is 25.5 Å². The molecule has 0 amide bonds. The number of phenols is 1. The second-order valence-electron chi connectivity index (χ2n) is 11.4. The number of aliphatic hydroxyl groups is 1. The molecule has 2 aliphatic heterocycles. The molecule has 2 aliphatic carbocycles. The van der Waals surface area contributed by atoms with Crippen LogP contribution in [0.1, 0.15) is 75.6 Å². The predicted octanol–water partition coefficient (Wildman–Crippen LogP) is 3.42. The molecule has 0 spiro atoms. The van der Waals surface area contributed by atoms with Gasteiger partial charge in [0.25, 0.3) is 0 Å². The number of benzene rings is 1. The van der Waals surface area contributed by atoms with Gasteiger partial charge in [-0.05, 0) is 44.1 Å². The van der Waals surface area contributed by atoms with E-state index in [9.17, 15) is 24.6 Å². The van der Waals surface area contributed by atoms with E-state index in [4.69, 9.17) is 14.2 Å². The smallest absolute Gasteiger partial charge is 0.342 e. The van der Waals surface area contributed by atoms with Crippen LogP contribution in [0, 0.1) is 22.7 Å². The number of cyclic esters (lactones) is 1. The molecule has 0 saturated heterocycles. The lowest BCUT2D eigenvalue weighted by Gasteiger charge is -2.62. The Morgan fingerprint density at radius 3 is 2.51 bits per heavy atom. The van der Waals surface area contributed by atoms with Crippen molar-refractivity contribution >= 4 is 17.7 Å². The van der Waals surface area contributed by atoms with E-state index in [-0.39, 0.29) is 28.9 Å². The number of allylic oxidation sites excluding steroid dienone is 2. The molecule has 2 heterocycles. The van der Waals surface area contributed by atoms with Crippen LogP contribution in [0.3, 0.4) is 0 Å². The third-order valence-corrected chi connectivity index (χ3v) is 9.07. The summed E-state index contributed by atoms with van der Waals surface area (Å²) in [6.07, 6.45) is 1.83. The quantitative estimate of drug-likeness (QED) is 0.582. The normalized spacial score (nSPS) is 38.8. The first-order chi connectivity index (χ1) is 16.2. The number of carbonyl (C=O) groups excluding carboxylic acids is 3. The van der Waals surface area contributed by atoms with Crippen molar-refractivity contribution in [2.75, 3.05) is 0 Å². The summed E-state index contributed by atoms with van der Waals surface area (Å²) in [5.41, 5.74) is -1.17. The monoisotopic (exact) mass is 484 g/mol. The Hall–Kier alpha value is -2.87. The maximum Gasteiger partial charge on any atom is 0.342 e. The highest BCUT2D eigenvalue weighted by atomic mass is 16.6. The molecular formula is C27H32O8. The molecule has 4 aliphatic rings. The van der Waals surface area contributed by atoms with Crippen molar-refractivity contribution < 1.29 is 38.8 Å². The summed E-state index contributed by atoms with van der Waals surface area (Å²) in [4.78, 5) is 37.5. The topological polar surface area (TPSA) is 119 Å². The average molecular weight is 485 g/mol. The number of carbonyl (C=O) groups is 3. The Morgan fingerprint density at radius 2 is 1.86 bits per heavy atom. The highest BCUT2D eigenvalue weighted by Gasteiger charge is 2.65. The summed E-state index contributed by atoms with van der Waals surface area (Å²) < 4.78 is 17.4.